The van der Waals surface area contributed by atoms with E-state index in [0.717, 1.165) is 12.8 Å². The minimum atomic E-state index is 0. The topological polar surface area (TPSA) is 0 Å². The molecule has 0 aromatic carbocycles. The molecule has 2 aliphatic rings. The van der Waals surface area contributed by atoms with Crippen LogP contribution in [0.3, 0.4) is 0 Å². The molecule has 0 spiro atoms. The van der Waals surface area contributed by atoms with Gasteiger partial charge in [-0.1, -0.05) is 0 Å². The molecule has 4 heteroatoms. The zero-order chi connectivity index (χ0) is 11.1. The average Bonchev–Trinajstić information content (AvgIpc) is 3.01. The van der Waals surface area contributed by atoms with Gasteiger partial charge in [0.15, 0.2) is 0 Å². The Hall–Kier alpha value is 0.380. The Morgan fingerprint density at radius 3 is 1.29 bits per heavy atom. The molecular formula is C13H20Cl2SiZr-4. The predicted molar refractivity (Wildman–Crippen MR) is 82.5 cm³/mol. The SMILES string of the molecule is Cl.Cl.[C-]1=CC=CC1.[C-]1=CC=CC1.[CH-]=C.[CH3-].[SiH2]=[Zr]. The van der Waals surface area contributed by atoms with Crippen LogP contribution in [0.15, 0.2) is 43.0 Å². The summed E-state index contributed by atoms with van der Waals surface area (Å²) in [5.41, 5.74) is 0. The maximum atomic E-state index is 4.25. The van der Waals surface area contributed by atoms with Gasteiger partial charge in [0.25, 0.3) is 0 Å². The van der Waals surface area contributed by atoms with Crippen LogP contribution in [0.25, 0.3) is 0 Å². The fourth-order valence-electron chi connectivity index (χ4n) is 0.680. The number of hydrogen-bond acceptors (Lipinski definition) is 0. The zero-order valence-electron chi connectivity index (χ0n) is 10.2. The quantitative estimate of drug-likeness (QED) is 0.454. The van der Waals surface area contributed by atoms with Crippen LogP contribution < -0.4 is 0 Å². The van der Waals surface area contributed by atoms with E-state index in [1.165, 1.54) is 0 Å². The van der Waals surface area contributed by atoms with Crippen molar-refractivity contribution in [3.05, 3.63) is 69.2 Å². The van der Waals surface area contributed by atoms with E-state index in [2.05, 4.69) is 37.5 Å². The van der Waals surface area contributed by atoms with E-state index in [-0.39, 0.29) is 32.2 Å². The number of hydrogen-bond donors (Lipinski definition) is 0. The van der Waals surface area contributed by atoms with Crippen LogP contribution in [0.2, 0.25) is 0 Å². The molecule has 0 N–H and O–H groups in total. The molecule has 0 fully saturated rings. The Morgan fingerprint density at radius 1 is 0.941 bits per heavy atom. The summed E-state index contributed by atoms with van der Waals surface area (Å²) in [6, 6.07) is 0. The van der Waals surface area contributed by atoms with Gasteiger partial charge in [0.2, 0.25) is 0 Å². The fourth-order valence-corrected chi connectivity index (χ4v) is 0.680. The van der Waals surface area contributed by atoms with Crippen molar-refractivity contribution in [2.45, 2.75) is 12.8 Å². The van der Waals surface area contributed by atoms with Gasteiger partial charge < -0.3 is 14.0 Å². The molecule has 0 bridgehead atoms. The molecule has 0 aromatic rings. The van der Waals surface area contributed by atoms with Crippen molar-refractivity contribution in [1.29, 1.82) is 0 Å². The van der Waals surface area contributed by atoms with Crippen LogP contribution >= 0.6 is 24.8 Å². The van der Waals surface area contributed by atoms with Gasteiger partial charge >= 0.3 is 30.2 Å². The van der Waals surface area contributed by atoms with Crippen molar-refractivity contribution in [2.75, 3.05) is 0 Å². The van der Waals surface area contributed by atoms with Gasteiger partial charge in [-0.25, -0.2) is 24.3 Å². The molecule has 2 aliphatic carbocycles. The summed E-state index contributed by atoms with van der Waals surface area (Å²) in [6.45, 7) is 8.95. The average molecular weight is 367 g/mol. The molecule has 17 heavy (non-hydrogen) atoms. The van der Waals surface area contributed by atoms with Crippen molar-refractivity contribution in [2.24, 2.45) is 0 Å². The summed E-state index contributed by atoms with van der Waals surface area (Å²) >= 11 is 1.58. The Balaban J connectivity index is -0.0000000387. The third-order valence-corrected chi connectivity index (χ3v) is 1.17. The first-order valence-electron chi connectivity index (χ1n) is 4.20. The van der Waals surface area contributed by atoms with Gasteiger partial charge in [-0.2, -0.15) is 12.2 Å². The van der Waals surface area contributed by atoms with Crippen molar-refractivity contribution in [3.63, 3.8) is 0 Å². The van der Waals surface area contributed by atoms with Crippen molar-refractivity contribution < 1.29 is 23.3 Å². The first-order chi connectivity index (χ1) is 7.00. The molecule has 0 aliphatic heterocycles. The predicted octanol–water partition coefficient (Wildman–Crippen LogP) is 3.59. The third-order valence-electron chi connectivity index (χ3n) is 1.17. The summed E-state index contributed by atoms with van der Waals surface area (Å²) in [4.78, 5) is 0. The number of rotatable bonds is 0. The second-order valence-corrected chi connectivity index (χ2v) is 2.01. The van der Waals surface area contributed by atoms with E-state index in [1.807, 2.05) is 31.2 Å². The number of allylic oxidation sites excluding steroid dienone is 8. The van der Waals surface area contributed by atoms with Crippen LogP contribution in [0.5, 0.6) is 0 Å². The van der Waals surface area contributed by atoms with Gasteiger partial charge in [-0.15, -0.1) is 37.7 Å². The second kappa shape index (κ2) is 36.0. The van der Waals surface area contributed by atoms with Crippen LogP contribution in [0.4, 0.5) is 0 Å². The molecule has 0 unspecified atom stereocenters. The molecular weight excluding hydrogens is 346 g/mol. The molecule has 0 saturated carbocycles. The fraction of sp³-hybridized carbons (Fsp3) is 0.154. The van der Waals surface area contributed by atoms with Crippen molar-refractivity contribution in [3.8, 4) is 0 Å². The van der Waals surface area contributed by atoms with Gasteiger partial charge in [0, 0.05) is 0 Å². The number of halogens is 2. The van der Waals surface area contributed by atoms with E-state index < -0.39 is 0 Å². The molecule has 0 heterocycles. The monoisotopic (exact) mass is 364 g/mol. The second-order valence-electron chi connectivity index (χ2n) is 2.01. The molecule has 0 aromatic heterocycles. The van der Waals surface area contributed by atoms with E-state index in [4.69, 9.17) is 0 Å². The summed E-state index contributed by atoms with van der Waals surface area (Å²) < 4.78 is 0. The van der Waals surface area contributed by atoms with Crippen molar-refractivity contribution >= 4 is 31.7 Å². The molecule has 0 amide bonds. The molecule has 2 rings (SSSR count). The van der Waals surface area contributed by atoms with E-state index in [1.54, 1.807) is 23.3 Å². The Kier molecular flexibility index (Phi) is 64.4. The standard InChI is InChI=1S/2C5H5.C2H3.CH3.2ClH.H2Si.Zr/c2*1-2-4-5-3-1;1-2;;;;;/h2*1-3H,4H2;1H,2H2;1H3;2*1H;1H2;/q4*-1;;;;. The van der Waals surface area contributed by atoms with E-state index >= 15 is 0 Å². The Labute approximate surface area is 136 Å². The van der Waals surface area contributed by atoms with Gasteiger partial charge in [0.05, 0.1) is 0 Å². The zero-order valence-corrected chi connectivity index (χ0v) is 15.7. The molecule has 0 radical (unpaired) electrons. The molecule has 0 nitrogen and oxygen atoms in total. The first-order valence-corrected chi connectivity index (χ1v) is 10.1. The van der Waals surface area contributed by atoms with Crippen molar-refractivity contribution in [1.82, 2.24) is 0 Å². The van der Waals surface area contributed by atoms with E-state index in [9.17, 15) is 0 Å². The maximum absolute atomic E-state index is 4.25. The summed E-state index contributed by atoms with van der Waals surface area (Å²) in [7, 11) is 0. The van der Waals surface area contributed by atoms with Crippen LogP contribution in [0, 0.1) is 26.2 Å². The molecule has 0 atom stereocenters. The first kappa shape index (κ1) is 30.4. The van der Waals surface area contributed by atoms with Gasteiger partial charge in [0.1, 0.15) is 0 Å². The summed E-state index contributed by atoms with van der Waals surface area (Å²) in [5.74, 6) is 0. The van der Waals surface area contributed by atoms with Crippen LogP contribution in [-0.4, -0.2) is 6.88 Å². The Morgan fingerprint density at radius 2 is 1.24 bits per heavy atom. The Bertz CT molecular complexity index is 179. The normalized spacial score (nSPS) is 10.8. The molecule has 0 saturated heterocycles. The van der Waals surface area contributed by atoms with E-state index in [0.29, 0.717) is 0 Å². The third kappa shape index (κ3) is 31.4. The van der Waals surface area contributed by atoms with Gasteiger partial charge in [-0.05, 0) is 0 Å². The summed E-state index contributed by atoms with van der Waals surface area (Å²) in [6.07, 6.45) is 20.0. The minimum absolute atomic E-state index is 0. The van der Waals surface area contributed by atoms with Crippen LogP contribution in [0.1, 0.15) is 12.8 Å². The molecule has 98 valence electrons. The van der Waals surface area contributed by atoms with Crippen LogP contribution in [-0.2, 0) is 23.3 Å². The summed E-state index contributed by atoms with van der Waals surface area (Å²) in [5, 5.41) is 0. The van der Waals surface area contributed by atoms with Gasteiger partial charge in [-0.3, -0.25) is 18.7 Å².